The van der Waals surface area contributed by atoms with Crippen molar-refractivity contribution in [3.05, 3.63) is 59.4 Å². The van der Waals surface area contributed by atoms with Crippen LogP contribution >= 0.6 is 11.8 Å². The number of ether oxygens (including phenoxy) is 1. The van der Waals surface area contributed by atoms with Gasteiger partial charge in [0, 0.05) is 11.9 Å². The minimum Gasteiger partial charge on any atom is -0.493 e. The van der Waals surface area contributed by atoms with E-state index < -0.39 is 0 Å². The van der Waals surface area contributed by atoms with Crippen LogP contribution in [0.2, 0.25) is 0 Å². The molecule has 2 amide bonds. The third-order valence-electron chi connectivity index (χ3n) is 4.46. The fourth-order valence-corrected chi connectivity index (χ4v) is 3.64. The Bertz CT molecular complexity index is 799. The fourth-order valence-electron chi connectivity index (χ4n) is 2.78. The number of aryl methyl sites for hydroxylation is 1. The molecule has 28 heavy (non-hydrogen) atoms. The van der Waals surface area contributed by atoms with Gasteiger partial charge in [-0.25, -0.2) is 0 Å². The van der Waals surface area contributed by atoms with E-state index in [-0.39, 0.29) is 58.5 Å². The molecule has 3 rings (SSSR count). The summed E-state index contributed by atoms with van der Waals surface area (Å²) in [7, 11) is 0. The van der Waals surface area contributed by atoms with Crippen molar-refractivity contribution in [2.45, 2.75) is 30.9 Å². The molecule has 0 bridgehead atoms. The Kier molecular flexibility index (Phi) is 8.98. The minimum absolute atomic E-state index is 0. The van der Waals surface area contributed by atoms with Crippen LogP contribution in [0.1, 0.15) is 29.7 Å². The van der Waals surface area contributed by atoms with Crippen LogP contribution in [0.3, 0.4) is 0 Å². The van der Waals surface area contributed by atoms with E-state index in [1.807, 2.05) is 42.6 Å². The van der Waals surface area contributed by atoms with Crippen LogP contribution in [0, 0.1) is 0 Å². The maximum absolute atomic E-state index is 11.6. The van der Waals surface area contributed by atoms with E-state index in [0.29, 0.717) is 18.8 Å². The molecule has 1 aliphatic heterocycles. The Morgan fingerprint density at radius 1 is 1.18 bits per heavy atom. The molecule has 2 N–H and O–H groups in total. The topological polar surface area (TPSA) is 88.5 Å². The molecule has 2 heterocycles. The molecule has 0 saturated carbocycles. The summed E-state index contributed by atoms with van der Waals surface area (Å²) >= 11 is 1.02. The number of amides is 2. The number of thioether (sulfide) groups is 1. The molecule has 1 aromatic heterocycles. The number of imide groups is 1. The molecule has 1 aliphatic rings. The van der Waals surface area contributed by atoms with Gasteiger partial charge in [0.25, 0.3) is 5.24 Å². The van der Waals surface area contributed by atoms with E-state index in [0.717, 1.165) is 35.0 Å². The molecule has 0 spiro atoms. The number of pyridine rings is 1. The predicted octanol–water partition coefficient (Wildman–Crippen LogP) is -0.303. The van der Waals surface area contributed by atoms with Gasteiger partial charge in [-0.2, -0.15) is 0 Å². The minimum atomic E-state index is -0.375. The van der Waals surface area contributed by atoms with Crippen molar-refractivity contribution in [2.75, 3.05) is 13.2 Å². The predicted molar refractivity (Wildman–Crippen MR) is 104 cm³/mol. The van der Waals surface area contributed by atoms with Gasteiger partial charge >= 0.3 is 29.6 Å². The smallest absolute Gasteiger partial charge is 0.493 e. The molecule has 0 aliphatic carbocycles. The van der Waals surface area contributed by atoms with Crippen LogP contribution < -0.4 is 39.6 Å². The summed E-state index contributed by atoms with van der Waals surface area (Å²) in [5.74, 6) is 0.250. The summed E-state index contributed by atoms with van der Waals surface area (Å²) in [4.78, 5) is 27.3. The first-order chi connectivity index (χ1) is 13.1. The Morgan fingerprint density at radius 3 is 2.43 bits per heavy atom. The van der Waals surface area contributed by atoms with Gasteiger partial charge in [-0.15, -0.1) is 0 Å². The van der Waals surface area contributed by atoms with Gasteiger partial charge in [-0.05, 0) is 42.2 Å². The van der Waals surface area contributed by atoms with Crippen molar-refractivity contribution in [1.29, 1.82) is 0 Å². The standard InChI is InChI=1S/C20H22N2O4S.Na/c1-2-13-5-8-17(21-10-13)15(11-23)12-26-16-6-3-14(4-7-16)9-18-19(24)22-20(25)27-18;/h3-8,10,15,18,23H,2,9,11-12H2,1H3,(H,22,24,25);/q;+1. The molecule has 6 nitrogen and oxygen atoms in total. The second-order valence-electron chi connectivity index (χ2n) is 6.37. The number of aliphatic hydroxyl groups is 1. The number of nitrogens with zero attached hydrogens (tertiary/aromatic N) is 1. The Balaban J connectivity index is 0.00000280. The first-order valence-corrected chi connectivity index (χ1v) is 9.76. The van der Waals surface area contributed by atoms with Crippen LogP contribution in [0.25, 0.3) is 0 Å². The van der Waals surface area contributed by atoms with Crippen LogP contribution in [0.15, 0.2) is 42.6 Å². The molecule has 1 fully saturated rings. The molecule has 2 atom stereocenters. The second-order valence-corrected chi connectivity index (χ2v) is 7.54. The average Bonchev–Trinajstić information content (AvgIpc) is 3.01. The van der Waals surface area contributed by atoms with Gasteiger partial charge in [-0.1, -0.05) is 36.9 Å². The van der Waals surface area contributed by atoms with Gasteiger partial charge in [0.1, 0.15) is 5.75 Å². The summed E-state index contributed by atoms with van der Waals surface area (Å²) in [6.07, 6.45) is 3.25. The SMILES string of the molecule is CCc1ccc(C(CO)COc2ccc(CC3SC(=O)NC3=O)cc2)nc1.[Na+]. The maximum atomic E-state index is 11.6. The first-order valence-electron chi connectivity index (χ1n) is 8.88. The van der Waals surface area contributed by atoms with Crippen LogP contribution in [0.4, 0.5) is 4.79 Å². The maximum Gasteiger partial charge on any atom is 1.00 e. The summed E-state index contributed by atoms with van der Waals surface area (Å²) in [5, 5.41) is 11.3. The molecule has 2 unspecified atom stereocenters. The van der Waals surface area contributed by atoms with Crippen molar-refractivity contribution in [2.24, 2.45) is 0 Å². The number of carbonyl (C=O) groups is 2. The number of aromatic nitrogens is 1. The van der Waals surface area contributed by atoms with Crippen LogP contribution in [0.5, 0.6) is 5.75 Å². The van der Waals surface area contributed by atoms with Gasteiger partial charge in [-0.3, -0.25) is 19.9 Å². The van der Waals surface area contributed by atoms with Crippen molar-refractivity contribution >= 4 is 22.9 Å². The zero-order chi connectivity index (χ0) is 19.2. The third kappa shape index (κ3) is 6.06. The quantitative estimate of drug-likeness (QED) is 0.582. The van der Waals surface area contributed by atoms with Crippen molar-refractivity contribution in [3.63, 3.8) is 0 Å². The molecule has 8 heteroatoms. The summed E-state index contributed by atoms with van der Waals surface area (Å²) in [6, 6.07) is 11.4. The monoisotopic (exact) mass is 409 g/mol. The Morgan fingerprint density at radius 2 is 1.89 bits per heavy atom. The molecule has 1 aromatic carbocycles. The summed E-state index contributed by atoms with van der Waals surface area (Å²) < 4.78 is 5.79. The fraction of sp³-hybridized carbons (Fsp3) is 0.350. The molecule has 0 radical (unpaired) electrons. The third-order valence-corrected chi connectivity index (χ3v) is 5.44. The number of hydrogen-bond acceptors (Lipinski definition) is 6. The van der Waals surface area contributed by atoms with E-state index >= 15 is 0 Å². The van der Waals surface area contributed by atoms with E-state index in [4.69, 9.17) is 4.74 Å². The number of benzene rings is 1. The normalized spacial score (nSPS) is 17.0. The number of rotatable bonds is 8. The Hall–Kier alpha value is -1.38. The van der Waals surface area contributed by atoms with Crippen LogP contribution in [-0.2, 0) is 17.6 Å². The second kappa shape index (κ2) is 11.0. The van der Waals surface area contributed by atoms with E-state index in [1.54, 1.807) is 0 Å². The number of aliphatic hydroxyl groups excluding tert-OH is 1. The molecule has 1 saturated heterocycles. The van der Waals surface area contributed by atoms with Crippen LogP contribution in [-0.4, -0.2) is 39.7 Å². The first kappa shape index (κ1) is 22.9. The zero-order valence-electron chi connectivity index (χ0n) is 16.1. The Labute approximate surface area is 190 Å². The number of nitrogens with one attached hydrogen (secondary N) is 1. The van der Waals surface area contributed by atoms with E-state index in [9.17, 15) is 14.7 Å². The molecular formula is C20H22N2NaO4S+. The van der Waals surface area contributed by atoms with Crippen molar-refractivity contribution in [3.8, 4) is 5.75 Å². The van der Waals surface area contributed by atoms with Gasteiger partial charge < -0.3 is 9.84 Å². The van der Waals surface area contributed by atoms with E-state index in [1.165, 1.54) is 0 Å². The van der Waals surface area contributed by atoms with E-state index in [2.05, 4.69) is 17.2 Å². The van der Waals surface area contributed by atoms with Gasteiger partial charge in [0.05, 0.1) is 24.4 Å². The number of carbonyl (C=O) groups excluding carboxylic acids is 2. The van der Waals surface area contributed by atoms with Gasteiger partial charge in [0.15, 0.2) is 0 Å². The summed E-state index contributed by atoms with van der Waals surface area (Å²) in [6.45, 7) is 2.35. The molecule has 2 aromatic rings. The van der Waals surface area contributed by atoms with Crippen molar-refractivity contribution < 1.29 is 49.0 Å². The van der Waals surface area contributed by atoms with Gasteiger partial charge in [0.2, 0.25) is 5.91 Å². The zero-order valence-corrected chi connectivity index (χ0v) is 18.9. The average molecular weight is 409 g/mol. The molecule has 142 valence electrons. The largest absolute Gasteiger partial charge is 1.00 e. The van der Waals surface area contributed by atoms with Crippen molar-refractivity contribution in [1.82, 2.24) is 10.3 Å². The molecular weight excluding hydrogens is 387 g/mol. The number of hydrogen-bond donors (Lipinski definition) is 2. The summed E-state index contributed by atoms with van der Waals surface area (Å²) in [5.41, 5.74) is 2.92.